The standard InChI is InChI=1S/C12H12F2N4O/c1-7(2)18-6-8(5-16-18)17-12(19)9-3-4-15-11(14)10(9)13/h3-7H,1-2H3,(H,17,19). The highest BCUT2D eigenvalue weighted by Crippen LogP contribution is 2.14. The molecule has 2 aromatic heterocycles. The second-order valence-corrected chi connectivity index (χ2v) is 4.22. The third-order valence-electron chi connectivity index (χ3n) is 2.48. The molecular weight excluding hydrogens is 254 g/mol. The summed E-state index contributed by atoms with van der Waals surface area (Å²) in [5.41, 5.74) is 0.0140. The Bertz CT molecular complexity index is 610. The van der Waals surface area contributed by atoms with Crippen molar-refractivity contribution in [2.24, 2.45) is 0 Å². The van der Waals surface area contributed by atoms with Crippen molar-refractivity contribution >= 4 is 11.6 Å². The molecule has 0 unspecified atom stereocenters. The maximum absolute atomic E-state index is 13.4. The van der Waals surface area contributed by atoms with Crippen LogP contribution in [0.25, 0.3) is 0 Å². The molecular formula is C12H12F2N4O. The molecule has 19 heavy (non-hydrogen) atoms. The van der Waals surface area contributed by atoms with Crippen LogP contribution < -0.4 is 5.32 Å². The molecule has 2 rings (SSSR count). The van der Waals surface area contributed by atoms with Gasteiger partial charge < -0.3 is 5.32 Å². The lowest BCUT2D eigenvalue weighted by Crippen LogP contribution is -2.14. The monoisotopic (exact) mass is 266 g/mol. The van der Waals surface area contributed by atoms with Gasteiger partial charge in [0.2, 0.25) is 5.95 Å². The minimum Gasteiger partial charge on any atom is -0.319 e. The summed E-state index contributed by atoms with van der Waals surface area (Å²) in [5.74, 6) is -3.32. The molecule has 0 aliphatic carbocycles. The molecule has 0 saturated carbocycles. The summed E-state index contributed by atoms with van der Waals surface area (Å²) in [7, 11) is 0. The van der Waals surface area contributed by atoms with Gasteiger partial charge in [-0.15, -0.1) is 0 Å². The first-order valence-electron chi connectivity index (χ1n) is 5.64. The number of carbonyl (C=O) groups is 1. The third kappa shape index (κ3) is 2.75. The molecule has 0 aliphatic rings. The van der Waals surface area contributed by atoms with Crippen molar-refractivity contribution in [1.29, 1.82) is 0 Å². The van der Waals surface area contributed by atoms with Crippen molar-refractivity contribution in [1.82, 2.24) is 14.8 Å². The molecule has 0 spiro atoms. The second-order valence-electron chi connectivity index (χ2n) is 4.22. The predicted octanol–water partition coefficient (Wildman–Crippen LogP) is 2.39. The largest absolute Gasteiger partial charge is 0.319 e. The zero-order valence-corrected chi connectivity index (χ0v) is 10.4. The SMILES string of the molecule is CC(C)n1cc(NC(=O)c2ccnc(F)c2F)cn1. The van der Waals surface area contributed by atoms with Gasteiger partial charge in [0.15, 0.2) is 5.82 Å². The van der Waals surface area contributed by atoms with Gasteiger partial charge in [-0.25, -0.2) is 9.37 Å². The van der Waals surface area contributed by atoms with Gasteiger partial charge >= 0.3 is 0 Å². The lowest BCUT2D eigenvalue weighted by molar-refractivity contribution is 0.102. The highest BCUT2D eigenvalue weighted by Gasteiger charge is 2.16. The Kier molecular flexibility index (Phi) is 3.55. The zero-order chi connectivity index (χ0) is 14.0. The number of nitrogens with zero attached hydrogens (tertiary/aromatic N) is 3. The number of rotatable bonds is 3. The molecule has 2 aromatic rings. The number of hydrogen-bond acceptors (Lipinski definition) is 3. The Hall–Kier alpha value is -2.31. The lowest BCUT2D eigenvalue weighted by atomic mass is 10.2. The van der Waals surface area contributed by atoms with Gasteiger partial charge in [-0.1, -0.05) is 0 Å². The Morgan fingerprint density at radius 2 is 2.16 bits per heavy atom. The summed E-state index contributed by atoms with van der Waals surface area (Å²) in [6.45, 7) is 3.85. The fourth-order valence-electron chi connectivity index (χ4n) is 1.48. The first kappa shape index (κ1) is 13.1. The molecule has 1 N–H and O–H groups in total. The van der Waals surface area contributed by atoms with Gasteiger partial charge in [0.1, 0.15) is 0 Å². The number of amides is 1. The van der Waals surface area contributed by atoms with Gasteiger partial charge in [-0.05, 0) is 19.9 Å². The number of pyridine rings is 1. The maximum atomic E-state index is 13.4. The van der Waals surface area contributed by atoms with Crippen molar-refractivity contribution in [2.75, 3.05) is 5.32 Å². The van der Waals surface area contributed by atoms with E-state index in [1.54, 1.807) is 10.9 Å². The smallest absolute Gasteiger partial charge is 0.258 e. The average Bonchev–Trinajstić information content (AvgIpc) is 2.81. The summed E-state index contributed by atoms with van der Waals surface area (Å²) in [6, 6.07) is 1.25. The number of anilines is 1. The van der Waals surface area contributed by atoms with Gasteiger partial charge in [0.05, 0.1) is 17.4 Å². The molecule has 0 saturated heterocycles. The molecule has 7 heteroatoms. The van der Waals surface area contributed by atoms with E-state index in [2.05, 4.69) is 15.4 Å². The van der Waals surface area contributed by atoms with E-state index in [1.165, 1.54) is 6.20 Å². The van der Waals surface area contributed by atoms with Crippen LogP contribution in [-0.4, -0.2) is 20.7 Å². The zero-order valence-electron chi connectivity index (χ0n) is 10.4. The van der Waals surface area contributed by atoms with Crippen molar-refractivity contribution in [3.8, 4) is 0 Å². The quantitative estimate of drug-likeness (QED) is 0.868. The normalized spacial score (nSPS) is 10.8. The fourth-order valence-corrected chi connectivity index (χ4v) is 1.48. The van der Waals surface area contributed by atoms with Crippen LogP contribution in [0.1, 0.15) is 30.2 Å². The molecule has 1 amide bonds. The average molecular weight is 266 g/mol. The molecule has 0 aromatic carbocycles. The van der Waals surface area contributed by atoms with Crippen LogP contribution >= 0.6 is 0 Å². The highest BCUT2D eigenvalue weighted by molar-refractivity contribution is 6.04. The van der Waals surface area contributed by atoms with E-state index in [0.29, 0.717) is 5.69 Å². The van der Waals surface area contributed by atoms with Crippen molar-refractivity contribution in [3.05, 3.63) is 42.0 Å². The number of carbonyl (C=O) groups excluding carboxylic acids is 1. The maximum Gasteiger partial charge on any atom is 0.258 e. The number of halogens is 2. The van der Waals surface area contributed by atoms with E-state index >= 15 is 0 Å². The van der Waals surface area contributed by atoms with Crippen molar-refractivity contribution < 1.29 is 13.6 Å². The summed E-state index contributed by atoms with van der Waals surface area (Å²) in [6.07, 6.45) is 4.08. The Morgan fingerprint density at radius 1 is 1.42 bits per heavy atom. The fraction of sp³-hybridized carbons (Fsp3) is 0.250. The van der Waals surface area contributed by atoms with Crippen LogP contribution in [0, 0.1) is 11.8 Å². The molecule has 0 fully saturated rings. The van der Waals surface area contributed by atoms with Crippen LogP contribution in [-0.2, 0) is 0 Å². The third-order valence-corrected chi connectivity index (χ3v) is 2.48. The lowest BCUT2D eigenvalue weighted by Gasteiger charge is -2.05. The van der Waals surface area contributed by atoms with E-state index in [-0.39, 0.29) is 6.04 Å². The molecule has 0 aliphatic heterocycles. The minimum absolute atomic E-state index is 0.140. The molecule has 2 heterocycles. The highest BCUT2D eigenvalue weighted by atomic mass is 19.2. The van der Waals surface area contributed by atoms with Gasteiger partial charge in [-0.2, -0.15) is 9.49 Å². The second kappa shape index (κ2) is 5.13. The molecule has 0 radical (unpaired) electrons. The van der Waals surface area contributed by atoms with Gasteiger partial charge in [0.25, 0.3) is 5.91 Å². The summed E-state index contributed by atoms with van der Waals surface area (Å²) in [5, 5.41) is 6.47. The van der Waals surface area contributed by atoms with E-state index in [9.17, 15) is 13.6 Å². The van der Waals surface area contributed by atoms with E-state index in [0.717, 1.165) is 12.3 Å². The molecule has 0 bridgehead atoms. The van der Waals surface area contributed by atoms with Crippen molar-refractivity contribution in [2.45, 2.75) is 19.9 Å². The summed E-state index contributed by atoms with van der Waals surface area (Å²) in [4.78, 5) is 14.9. The number of aromatic nitrogens is 3. The Labute approximate surface area is 108 Å². The van der Waals surface area contributed by atoms with Crippen LogP contribution in [0.15, 0.2) is 24.7 Å². The van der Waals surface area contributed by atoms with E-state index < -0.39 is 23.2 Å². The summed E-state index contributed by atoms with van der Waals surface area (Å²) >= 11 is 0. The first-order valence-corrected chi connectivity index (χ1v) is 5.64. The van der Waals surface area contributed by atoms with Crippen LogP contribution in [0.2, 0.25) is 0 Å². The van der Waals surface area contributed by atoms with Gasteiger partial charge in [0, 0.05) is 18.4 Å². The molecule has 0 atom stereocenters. The van der Waals surface area contributed by atoms with Crippen LogP contribution in [0.3, 0.4) is 0 Å². The van der Waals surface area contributed by atoms with Crippen LogP contribution in [0.5, 0.6) is 0 Å². The summed E-state index contributed by atoms with van der Waals surface area (Å²) < 4.78 is 27.9. The topological polar surface area (TPSA) is 59.8 Å². The van der Waals surface area contributed by atoms with E-state index in [1.807, 2.05) is 13.8 Å². The minimum atomic E-state index is -1.30. The molecule has 100 valence electrons. The van der Waals surface area contributed by atoms with E-state index in [4.69, 9.17) is 0 Å². The van der Waals surface area contributed by atoms with Gasteiger partial charge in [-0.3, -0.25) is 9.48 Å². The Morgan fingerprint density at radius 3 is 2.79 bits per heavy atom. The predicted molar refractivity (Wildman–Crippen MR) is 64.7 cm³/mol. The Balaban J connectivity index is 2.18. The first-order chi connectivity index (χ1) is 8.99. The molecule has 5 nitrogen and oxygen atoms in total. The number of hydrogen-bond donors (Lipinski definition) is 1. The number of nitrogens with one attached hydrogen (secondary N) is 1. The van der Waals surface area contributed by atoms with Crippen LogP contribution in [0.4, 0.5) is 14.5 Å². The van der Waals surface area contributed by atoms with Crippen molar-refractivity contribution in [3.63, 3.8) is 0 Å².